The number of carbonyl (C=O) groups excluding carboxylic acids is 1. The monoisotopic (exact) mass is 360 g/mol. The molecule has 1 amide bonds. The number of rotatable bonds is 6. The number of H-pyrrole nitrogens is 1. The molecule has 0 aliphatic carbocycles. The third-order valence-corrected chi connectivity index (χ3v) is 3.41. The summed E-state index contributed by atoms with van der Waals surface area (Å²) in [6, 6.07) is 2.75. The first-order chi connectivity index (χ1) is 12.5. The van der Waals surface area contributed by atoms with E-state index in [9.17, 15) is 24.3 Å². The molecule has 134 valence electrons. The fourth-order valence-electron chi connectivity index (χ4n) is 2.19. The van der Waals surface area contributed by atoms with Gasteiger partial charge in [0.25, 0.3) is 11.5 Å². The standard InChI is InChI=1S/C15H12N4O7/c20-10-3-4-19(15(24)18-10)6-8(14(22)23)17-13(21)11-12(26-7-16-11)9-2-1-5-25-9/h1-5,7-8H,6H2,(H,17,21)(H,22,23)(H,18,20,24). The third-order valence-electron chi connectivity index (χ3n) is 3.41. The first-order valence-corrected chi connectivity index (χ1v) is 7.26. The van der Waals surface area contributed by atoms with E-state index in [1.807, 2.05) is 4.98 Å². The molecule has 0 aliphatic heterocycles. The Kier molecular flexibility index (Phi) is 4.51. The number of nitrogens with one attached hydrogen (secondary N) is 2. The molecule has 1 atom stereocenters. The van der Waals surface area contributed by atoms with Crippen molar-refractivity contribution in [2.75, 3.05) is 0 Å². The molecule has 0 saturated heterocycles. The molecule has 3 aromatic heterocycles. The van der Waals surface area contributed by atoms with Gasteiger partial charge in [-0.05, 0) is 12.1 Å². The van der Waals surface area contributed by atoms with Gasteiger partial charge < -0.3 is 19.3 Å². The summed E-state index contributed by atoms with van der Waals surface area (Å²) in [5.74, 6) is -1.91. The lowest BCUT2D eigenvalue weighted by Gasteiger charge is -2.15. The van der Waals surface area contributed by atoms with Gasteiger partial charge in [0.1, 0.15) is 6.04 Å². The first-order valence-electron chi connectivity index (χ1n) is 7.26. The Morgan fingerprint density at radius 1 is 1.31 bits per heavy atom. The van der Waals surface area contributed by atoms with Crippen LogP contribution >= 0.6 is 0 Å². The van der Waals surface area contributed by atoms with Gasteiger partial charge in [0, 0.05) is 12.3 Å². The largest absolute Gasteiger partial charge is 0.480 e. The lowest BCUT2D eigenvalue weighted by atomic mass is 10.2. The lowest BCUT2D eigenvalue weighted by Crippen LogP contribution is -2.46. The number of carbonyl (C=O) groups is 2. The highest BCUT2D eigenvalue weighted by Crippen LogP contribution is 2.23. The van der Waals surface area contributed by atoms with Crippen molar-refractivity contribution in [2.45, 2.75) is 12.6 Å². The molecule has 11 nitrogen and oxygen atoms in total. The molecule has 0 radical (unpaired) electrons. The number of aliphatic carboxylic acids is 1. The molecule has 0 aromatic carbocycles. The second-order valence-corrected chi connectivity index (χ2v) is 5.13. The number of hydrogen-bond acceptors (Lipinski definition) is 7. The Bertz CT molecular complexity index is 1040. The fourth-order valence-corrected chi connectivity index (χ4v) is 2.19. The van der Waals surface area contributed by atoms with E-state index >= 15 is 0 Å². The average Bonchev–Trinajstić information content (AvgIpc) is 3.26. The smallest absolute Gasteiger partial charge is 0.328 e. The lowest BCUT2D eigenvalue weighted by molar-refractivity contribution is -0.139. The Labute approximate surface area is 143 Å². The van der Waals surface area contributed by atoms with Crippen LogP contribution in [0.2, 0.25) is 0 Å². The third kappa shape index (κ3) is 3.45. The van der Waals surface area contributed by atoms with Gasteiger partial charge in [-0.3, -0.25) is 19.1 Å². The Morgan fingerprint density at radius 2 is 2.12 bits per heavy atom. The second-order valence-electron chi connectivity index (χ2n) is 5.13. The van der Waals surface area contributed by atoms with Crippen molar-refractivity contribution in [1.29, 1.82) is 0 Å². The van der Waals surface area contributed by atoms with Crippen molar-refractivity contribution < 1.29 is 23.5 Å². The summed E-state index contributed by atoms with van der Waals surface area (Å²) in [4.78, 5) is 52.3. The normalized spacial score (nSPS) is 11.8. The number of nitrogens with zero attached hydrogens (tertiary/aromatic N) is 2. The molecular weight excluding hydrogens is 348 g/mol. The van der Waals surface area contributed by atoms with Crippen molar-refractivity contribution in [2.24, 2.45) is 0 Å². The zero-order valence-electron chi connectivity index (χ0n) is 13.0. The van der Waals surface area contributed by atoms with E-state index in [2.05, 4.69) is 10.3 Å². The van der Waals surface area contributed by atoms with Crippen molar-refractivity contribution in [3.8, 4) is 11.5 Å². The number of carboxylic acid groups (broad SMARTS) is 1. The Morgan fingerprint density at radius 3 is 2.77 bits per heavy atom. The summed E-state index contributed by atoms with van der Waals surface area (Å²) in [6.45, 7) is -0.398. The average molecular weight is 360 g/mol. The number of aromatic amines is 1. The van der Waals surface area contributed by atoms with E-state index in [4.69, 9.17) is 8.83 Å². The second kappa shape index (κ2) is 6.93. The van der Waals surface area contributed by atoms with Crippen molar-refractivity contribution in [1.82, 2.24) is 19.9 Å². The summed E-state index contributed by atoms with van der Waals surface area (Å²) in [7, 11) is 0. The van der Waals surface area contributed by atoms with Gasteiger partial charge >= 0.3 is 11.7 Å². The predicted octanol–water partition coefficient (Wildman–Crippen LogP) is -0.332. The molecule has 26 heavy (non-hydrogen) atoms. The minimum Gasteiger partial charge on any atom is -0.480 e. The molecular formula is C15H12N4O7. The van der Waals surface area contributed by atoms with Crippen molar-refractivity contribution in [3.63, 3.8) is 0 Å². The van der Waals surface area contributed by atoms with Crippen LogP contribution in [0.15, 0.2) is 55.5 Å². The van der Waals surface area contributed by atoms with E-state index in [1.165, 1.54) is 6.26 Å². The van der Waals surface area contributed by atoms with Gasteiger partial charge in [-0.15, -0.1) is 0 Å². The Balaban J connectivity index is 1.82. The summed E-state index contributed by atoms with van der Waals surface area (Å²) in [5.41, 5.74) is -1.58. The number of oxazole rings is 1. The van der Waals surface area contributed by atoms with Crippen LogP contribution in [-0.2, 0) is 11.3 Å². The van der Waals surface area contributed by atoms with Crippen LogP contribution in [0, 0.1) is 0 Å². The van der Waals surface area contributed by atoms with E-state index in [-0.39, 0.29) is 17.2 Å². The SMILES string of the molecule is O=C(NC(Cn1ccc(=O)[nH]c1=O)C(=O)O)c1ncoc1-c1ccco1. The highest BCUT2D eigenvalue weighted by molar-refractivity contribution is 5.98. The first kappa shape index (κ1) is 17.0. The van der Waals surface area contributed by atoms with Crippen molar-refractivity contribution >= 4 is 11.9 Å². The van der Waals surface area contributed by atoms with Crippen molar-refractivity contribution in [3.05, 3.63) is 63.6 Å². The van der Waals surface area contributed by atoms with Gasteiger partial charge in [-0.25, -0.2) is 14.6 Å². The summed E-state index contributed by atoms with van der Waals surface area (Å²) >= 11 is 0. The molecule has 3 N–H and O–H groups in total. The van der Waals surface area contributed by atoms with E-state index in [1.54, 1.807) is 12.1 Å². The zero-order valence-corrected chi connectivity index (χ0v) is 13.0. The quantitative estimate of drug-likeness (QED) is 0.538. The van der Waals surface area contributed by atoms with E-state index < -0.39 is 35.7 Å². The number of carboxylic acids is 1. The maximum absolute atomic E-state index is 12.4. The number of amides is 1. The topological polar surface area (TPSA) is 160 Å². The molecule has 3 aromatic rings. The van der Waals surface area contributed by atoms with E-state index in [0.29, 0.717) is 0 Å². The Hall–Kier alpha value is -3.89. The maximum Gasteiger partial charge on any atom is 0.328 e. The van der Waals surface area contributed by atoms with E-state index in [0.717, 1.165) is 23.2 Å². The van der Waals surface area contributed by atoms with Crippen LogP contribution < -0.4 is 16.6 Å². The maximum atomic E-state index is 12.4. The van der Waals surface area contributed by atoms with Crippen LogP contribution in [0.1, 0.15) is 10.5 Å². The summed E-state index contributed by atoms with van der Waals surface area (Å²) in [5, 5.41) is 11.6. The van der Waals surface area contributed by atoms with Crippen LogP contribution in [0.5, 0.6) is 0 Å². The molecule has 3 heterocycles. The van der Waals surface area contributed by atoms with Crippen LogP contribution in [-0.4, -0.2) is 37.6 Å². The molecule has 0 bridgehead atoms. The molecule has 1 unspecified atom stereocenters. The molecule has 0 saturated carbocycles. The molecule has 0 fully saturated rings. The van der Waals surface area contributed by atoms with Crippen LogP contribution in [0.4, 0.5) is 0 Å². The molecule has 0 aliphatic rings. The fraction of sp³-hybridized carbons (Fsp3) is 0.133. The minimum atomic E-state index is -1.45. The summed E-state index contributed by atoms with van der Waals surface area (Å²) < 4.78 is 11.2. The number of furan rings is 1. The number of aromatic nitrogens is 3. The molecule has 11 heteroatoms. The molecule has 0 spiro atoms. The van der Waals surface area contributed by atoms with Gasteiger partial charge in [0.15, 0.2) is 17.8 Å². The van der Waals surface area contributed by atoms with Gasteiger partial charge in [0.2, 0.25) is 5.76 Å². The predicted molar refractivity (Wildman–Crippen MR) is 84.4 cm³/mol. The van der Waals surface area contributed by atoms with Gasteiger partial charge in [-0.2, -0.15) is 0 Å². The highest BCUT2D eigenvalue weighted by atomic mass is 16.4. The van der Waals surface area contributed by atoms with Gasteiger partial charge in [-0.1, -0.05) is 0 Å². The summed E-state index contributed by atoms with van der Waals surface area (Å²) in [6.07, 6.45) is 3.53. The highest BCUT2D eigenvalue weighted by Gasteiger charge is 2.26. The number of hydrogen-bond donors (Lipinski definition) is 3. The minimum absolute atomic E-state index is 0.0397. The molecule has 3 rings (SSSR count). The van der Waals surface area contributed by atoms with Crippen LogP contribution in [0.25, 0.3) is 11.5 Å². The van der Waals surface area contributed by atoms with Gasteiger partial charge in [0.05, 0.1) is 12.8 Å². The zero-order chi connectivity index (χ0) is 18.7. The van der Waals surface area contributed by atoms with Crippen LogP contribution in [0.3, 0.4) is 0 Å².